The first-order valence-electron chi connectivity index (χ1n) is 6.86. The zero-order valence-corrected chi connectivity index (χ0v) is 12.9. The molecule has 0 spiro atoms. The van der Waals surface area contributed by atoms with Gasteiger partial charge in [-0.15, -0.1) is 0 Å². The van der Waals surface area contributed by atoms with Crippen molar-refractivity contribution in [3.8, 4) is 0 Å². The van der Waals surface area contributed by atoms with Gasteiger partial charge in [-0.25, -0.2) is 4.79 Å². The van der Waals surface area contributed by atoms with Gasteiger partial charge in [0.2, 0.25) is 0 Å². The summed E-state index contributed by atoms with van der Waals surface area (Å²) in [6.45, 7) is 3.21. The van der Waals surface area contributed by atoms with E-state index in [0.717, 1.165) is 0 Å². The number of nitrogens with zero attached hydrogens (tertiary/aromatic N) is 2. The number of aryl methyl sites for hydroxylation is 1. The lowest BCUT2D eigenvalue weighted by Gasteiger charge is -2.11. The Balaban J connectivity index is 2.20. The molecule has 124 valence electrons. The minimum absolute atomic E-state index is 0.112. The molecule has 2 aromatic carbocycles. The van der Waals surface area contributed by atoms with E-state index in [1.807, 2.05) is 0 Å². The zero-order valence-electron chi connectivity index (χ0n) is 12.9. The van der Waals surface area contributed by atoms with Crippen molar-refractivity contribution in [2.45, 2.75) is 13.8 Å². The van der Waals surface area contributed by atoms with Crippen molar-refractivity contribution in [1.82, 2.24) is 0 Å². The number of non-ortho nitro benzene ring substituents is 1. The number of carbonyl (C=O) groups is 1. The van der Waals surface area contributed by atoms with Gasteiger partial charge in [-0.1, -0.05) is 12.1 Å². The minimum Gasteiger partial charge on any atom is -0.307 e. The van der Waals surface area contributed by atoms with Crippen LogP contribution in [0.15, 0.2) is 36.4 Å². The van der Waals surface area contributed by atoms with Crippen LogP contribution in [0.1, 0.15) is 11.1 Å². The number of carbonyl (C=O) groups excluding carboxylic acids is 1. The van der Waals surface area contributed by atoms with Crippen LogP contribution < -0.4 is 10.6 Å². The first kappa shape index (κ1) is 16.9. The Bertz CT molecular complexity index is 829. The molecule has 0 radical (unpaired) electrons. The van der Waals surface area contributed by atoms with Gasteiger partial charge < -0.3 is 10.6 Å². The predicted octanol–water partition coefficient (Wildman–Crippen LogP) is 3.76. The summed E-state index contributed by atoms with van der Waals surface area (Å²) in [5.41, 5.74) is 1.26. The lowest BCUT2D eigenvalue weighted by atomic mass is 10.1. The van der Waals surface area contributed by atoms with Crippen molar-refractivity contribution >= 4 is 28.8 Å². The topological polar surface area (TPSA) is 127 Å². The van der Waals surface area contributed by atoms with Crippen LogP contribution in [0.3, 0.4) is 0 Å². The second-order valence-electron chi connectivity index (χ2n) is 5.04. The van der Waals surface area contributed by atoms with Gasteiger partial charge in [-0.05, 0) is 25.5 Å². The van der Waals surface area contributed by atoms with E-state index in [0.29, 0.717) is 11.1 Å². The number of hydrogen-bond acceptors (Lipinski definition) is 5. The van der Waals surface area contributed by atoms with Crippen molar-refractivity contribution in [2.24, 2.45) is 0 Å². The molecule has 0 saturated carbocycles. The van der Waals surface area contributed by atoms with Crippen LogP contribution in [0.2, 0.25) is 0 Å². The summed E-state index contributed by atoms with van der Waals surface area (Å²) in [6, 6.07) is 7.78. The normalized spacial score (nSPS) is 10.1. The van der Waals surface area contributed by atoms with Crippen molar-refractivity contribution in [1.29, 1.82) is 0 Å². The third kappa shape index (κ3) is 3.64. The fourth-order valence-electron chi connectivity index (χ4n) is 2.09. The summed E-state index contributed by atoms with van der Waals surface area (Å²) in [5, 5.41) is 26.7. The fraction of sp³-hybridized carbons (Fsp3) is 0.133. The average Bonchev–Trinajstić information content (AvgIpc) is 2.51. The van der Waals surface area contributed by atoms with Gasteiger partial charge in [0.25, 0.3) is 11.4 Å². The van der Waals surface area contributed by atoms with E-state index in [9.17, 15) is 25.0 Å². The lowest BCUT2D eigenvalue weighted by Crippen LogP contribution is -2.20. The summed E-state index contributed by atoms with van der Waals surface area (Å²) < 4.78 is 0. The van der Waals surface area contributed by atoms with Crippen LogP contribution in [-0.2, 0) is 0 Å². The van der Waals surface area contributed by atoms with E-state index in [1.54, 1.807) is 6.92 Å². The number of rotatable bonds is 4. The van der Waals surface area contributed by atoms with E-state index < -0.39 is 15.9 Å². The molecule has 0 aromatic heterocycles. The summed E-state index contributed by atoms with van der Waals surface area (Å²) in [6.07, 6.45) is 0. The van der Waals surface area contributed by atoms with Crippen LogP contribution in [0.25, 0.3) is 0 Å². The van der Waals surface area contributed by atoms with Crippen molar-refractivity contribution in [2.75, 3.05) is 10.6 Å². The standard InChI is InChI=1S/C15H14N4O5/c1-9-6-7-11(18(21)22)8-13(9)17-15(20)16-12-4-3-5-14(10(12)2)19(23)24/h3-8H,1-2H3,(H2,16,17,20). The number of hydrogen-bond donors (Lipinski definition) is 2. The highest BCUT2D eigenvalue weighted by Crippen LogP contribution is 2.26. The Labute approximate surface area is 136 Å². The number of amides is 2. The van der Waals surface area contributed by atoms with Crippen LogP contribution in [0.5, 0.6) is 0 Å². The van der Waals surface area contributed by atoms with E-state index >= 15 is 0 Å². The second kappa shape index (κ2) is 6.73. The molecule has 2 amide bonds. The molecule has 24 heavy (non-hydrogen) atoms. The zero-order chi connectivity index (χ0) is 17.9. The van der Waals surface area contributed by atoms with Gasteiger partial charge in [0, 0.05) is 18.2 Å². The molecule has 0 unspecified atom stereocenters. The van der Waals surface area contributed by atoms with Crippen molar-refractivity contribution < 1.29 is 14.6 Å². The molecule has 0 aliphatic rings. The monoisotopic (exact) mass is 330 g/mol. The first-order chi connectivity index (χ1) is 11.3. The molecular formula is C15H14N4O5. The van der Waals surface area contributed by atoms with Crippen LogP contribution in [0, 0.1) is 34.1 Å². The summed E-state index contributed by atoms with van der Waals surface area (Å²) >= 11 is 0. The molecule has 9 heteroatoms. The Morgan fingerprint density at radius 3 is 2.25 bits per heavy atom. The molecule has 2 rings (SSSR count). The van der Waals surface area contributed by atoms with E-state index in [-0.39, 0.29) is 22.7 Å². The largest absolute Gasteiger partial charge is 0.323 e. The Morgan fingerprint density at radius 2 is 1.62 bits per heavy atom. The maximum atomic E-state index is 12.1. The Kier molecular flexibility index (Phi) is 4.73. The quantitative estimate of drug-likeness (QED) is 0.651. The number of urea groups is 1. The van der Waals surface area contributed by atoms with Gasteiger partial charge in [0.1, 0.15) is 0 Å². The summed E-state index contributed by atoms with van der Waals surface area (Å²) in [5.74, 6) is 0. The number of benzene rings is 2. The summed E-state index contributed by atoms with van der Waals surface area (Å²) in [4.78, 5) is 32.7. The minimum atomic E-state index is -0.651. The van der Waals surface area contributed by atoms with Crippen molar-refractivity contribution in [3.63, 3.8) is 0 Å². The molecule has 0 aliphatic heterocycles. The number of nitro groups is 2. The highest BCUT2D eigenvalue weighted by molar-refractivity contribution is 6.01. The van der Waals surface area contributed by atoms with Gasteiger partial charge in [-0.2, -0.15) is 0 Å². The average molecular weight is 330 g/mol. The van der Waals surface area contributed by atoms with Gasteiger partial charge in [0.15, 0.2) is 0 Å². The van der Waals surface area contributed by atoms with E-state index in [4.69, 9.17) is 0 Å². The predicted molar refractivity (Wildman–Crippen MR) is 88.3 cm³/mol. The smallest absolute Gasteiger partial charge is 0.307 e. The SMILES string of the molecule is Cc1ccc([N+](=O)[O-])cc1NC(=O)Nc1cccc([N+](=O)[O-])c1C. The van der Waals surface area contributed by atoms with Crippen LogP contribution in [0.4, 0.5) is 27.5 Å². The lowest BCUT2D eigenvalue weighted by molar-refractivity contribution is -0.385. The number of nitrogens with one attached hydrogen (secondary N) is 2. The summed E-state index contributed by atoms with van der Waals surface area (Å²) in [7, 11) is 0. The van der Waals surface area contributed by atoms with Gasteiger partial charge in [0.05, 0.1) is 26.8 Å². The van der Waals surface area contributed by atoms with Crippen LogP contribution >= 0.6 is 0 Å². The molecular weight excluding hydrogens is 316 g/mol. The van der Waals surface area contributed by atoms with Crippen molar-refractivity contribution in [3.05, 3.63) is 67.8 Å². The third-order valence-electron chi connectivity index (χ3n) is 3.43. The molecule has 0 saturated heterocycles. The van der Waals surface area contributed by atoms with Gasteiger partial charge in [-0.3, -0.25) is 20.2 Å². The maximum absolute atomic E-state index is 12.1. The van der Waals surface area contributed by atoms with E-state index in [2.05, 4.69) is 10.6 Å². The highest BCUT2D eigenvalue weighted by Gasteiger charge is 2.16. The Morgan fingerprint density at radius 1 is 0.958 bits per heavy atom. The van der Waals surface area contributed by atoms with E-state index in [1.165, 1.54) is 43.3 Å². The number of nitro benzene ring substituents is 2. The molecule has 2 aromatic rings. The third-order valence-corrected chi connectivity index (χ3v) is 3.43. The highest BCUT2D eigenvalue weighted by atomic mass is 16.6. The molecule has 9 nitrogen and oxygen atoms in total. The molecule has 0 atom stereocenters. The van der Waals surface area contributed by atoms with Gasteiger partial charge >= 0.3 is 6.03 Å². The fourth-order valence-corrected chi connectivity index (χ4v) is 2.09. The molecule has 0 bridgehead atoms. The molecule has 0 fully saturated rings. The Hall–Kier alpha value is -3.49. The molecule has 2 N–H and O–H groups in total. The molecule has 0 heterocycles. The maximum Gasteiger partial charge on any atom is 0.323 e. The second-order valence-corrected chi connectivity index (χ2v) is 5.04. The molecule has 0 aliphatic carbocycles. The van der Waals surface area contributed by atoms with Crippen LogP contribution in [-0.4, -0.2) is 15.9 Å². The number of anilines is 2. The first-order valence-corrected chi connectivity index (χ1v) is 6.86.